The minimum atomic E-state index is 0.911. The molecule has 2 fully saturated rings. The summed E-state index contributed by atoms with van der Waals surface area (Å²) in [5.74, 6) is 3.03. The van der Waals surface area contributed by atoms with Gasteiger partial charge in [-0.25, -0.2) is 0 Å². The zero-order chi connectivity index (χ0) is 9.10. The van der Waals surface area contributed by atoms with Crippen LogP contribution in [0.5, 0.6) is 0 Å². The Hall–Kier alpha value is 0. The largest absolute Gasteiger partial charge is 0.0620 e. The lowest BCUT2D eigenvalue weighted by Crippen LogP contribution is -2.20. The average Bonchev–Trinajstić information content (AvgIpc) is 2.49. The van der Waals surface area contributed by atoms with Gasteiger partial charge in [0.2, 0.25) is 0 Å². The summed E-state index contributed by atoms with van der Waals surface area (Å²) in [6.45, 7) is 2.43. The Morgan fingerprint density at radius 3 is 2.31 bits per heavy atom. The second-order valence-electron chi connectivity index (χ2n) is 5.17. The van der Waals surface area contributed by atoms with Crippen LogP contribution < -0.4 is 0 Å². The normalized spacial score (nSPS) is 27.5. The van der Waals surface area contributed by atoms with Gasteiger partial charge in [0.25, 0.3) is 0 Å². The van der Waals surface area contributed by atoms with Crippen LogP contribution in [-0.4, -0.2) is 0 Å². The van der Waals surface area contributed by atoms with Crippen LogP contribution in [-0.2, 0) is 0 Å². The van der Waals surface area contributed by atoms with Gasteiger partial charge in [-0.1, -0.05) is 51.9 Å². The minimum absolute atomic E-state index is 0.911. The molecule has 0 heterocycles. The molecule has 1 radical (unpaired) electrons. The molecule has 0 heteroatoms. The molecule has 0 bridgehead atoms. The molecule has 0 nitrogen and oxygen atoms in total. The van der Waals surface area contributed by atoms with Gasteiger partial charge in [0.15, 0.2) is 0 Å². The predicted octanol–water partition coefficient (Wildman–Crippen LogP) is 4.21. The Morgan fingerprint density at radius 2 is 1.77 bits per heavy atom. The lowest BCUT2D eigenvalue weighted by atomic mass is 9.74. The smallest absolute Gasteiger partial charge is 0.0352 e. The molecule has 2 aliphatic carbocycles. The fourth-order valence-electron chi connectivity index (χ4n) is 2.81. The average molecular weight is 179 g/mol. The van der Waals surface area contributed by atoms with Gasteiger partial charge in [-0.2, -0.15) is 0 Å². The maximum absolute atomic E-state index is 2.62. The fourth-order valence-corrected chi connectivity index (χ4v) is 2.81. The van der Waals surface area contributed by atoms with Gasteiger partial charge in [-0.3, -0.25) is 0 Å². The molecule has 0 spiro atoms. The summed E-state index contributed by atoms with van der Waals surface area (Å²) in [6, 6.07) is 0. The van der Waals surface area contributed by atoms with E-state index in [4.69, 9.17) is 0 Å². The Bertz CT molecular complexity index is 140. The maximum atomic E-state index is 2.62. The van der Waals surface area contributed by atoms with E-state index < -0.39 is 0 Å². The van der Waals surface area contributed by atoms with Crippen molar-refractivity contribution in [3.8, 4) is 0 Å². The van der Waals surface area contributed by atoms with Crippen molar-refractivity contribution < 1.29 is 0 Å². The molecule has 2 rings (SSSR count). The first-order valence-corrected chi connectivity index (χ1v) is 6.19. The van der Waals surface area contributed by atoms with Crippen LogP contribution in [0, 0.1) is 24.2 Å². The van der Waals surface area contributed by atoms with Crippen molar-refractivity contribution >= 4 is 0 Å². The Balaban J connectivity index is 1.60. The molecule has 0 aliphatic heterocycles. The Labute approximate surface area is 83.1 Å². The van der Waals surface area contributed by atoms with Crippen LogP contribution in [0.25, 0.3) is 0 Å². The Morgan fingerprint density at radius 1 is 1.08 bits per heavy atom. The van der Waals surface area contributed by atoms with Crippen molar-refractivity contribution in [1.29, 1.82) is 0 Å². The highest BCUT2D eigenvalue weighted by Gasteiger charge is 2.25. The lowest BCUT2D eigenvalue weighted by molar-refractivity contribution is 0.236. The molecular weight excluding hydrogens is 156 g/mol. The summed E-state index contributed by atoms with van der Waals surface area (Å²) in [4.78, 5) is 0. The van der Waals surface area contributed by atoms with Gasteiger partial charge < -0.3 is 0 Å². The van der Waals surface area contributed by atoms with E-state index in [1.807, 2.05) is 0 Å². The molecule has 0 saturated heterocycles. The molecule has 0 aromatic carbocycles. The van der Waals surface area contributed by atoms with Crippen molar-refractivity contribution in [2.24, 2.45) is 17.8 Å². The third-order valence-electron chi connectivity index (χ3n) is 4.21. The summed E-state index contributed by atoms with van der Waals surface area (Å²) < 4.78 is 0. The molecule has 1 atom stereocenters. The van der Waals surface area contributed by atoms with Crippen LogP contribution in [0.2, 0.25) is 0 Å². The van der Waals surface area contributed by atoms with Crippen LogP contribution in [0.4, 0.5) is 0 Å². The Kier molecular flexibility index (Phi) is 3.29. The third-order valence-corrected chi connectivity index (χ3v) is 4.21. The molecule has 0 N–H and O–H groups in total. The highest BCUT2D eigenvalue weighted by molar-refractivity contribution is 4.86. The molecule has 2 saturated carbocycles. The summed E-state index contributed by atoms with van der Waals surface area (Å²) in [5, 5.41) is 0. The zero-order valence-electron chi connectivity index (χ0n) is 8.97. The van der Waals surface area contributed by atoms with E-state index in [9.17, 15) is 0 Å². The van der Waals surface area contributed by atoms with Crippen molar-refractivity contribution in [2.75, 3.05) is 0 Å². The SMILES string of the molecule is CC([CH]CC1CCCC1)C1CCC1. The van der Waals surface area contributed by atoms with Crippen molar-refractivity contribution in [1.82, 2.24) is 0 Å². The van der Waals surface area contributed by atoms with E-state index in [0.717, 1.165) is 17.8 Å². The van der Waals surface area contributed by atoms with E-state index in [-0.39, 0.29) is 0 Å². The molecule has 0 amide bonds. The molecule has 0 aromatic rings. The number of rotatable bonds is 4. The molecule has 13 heavy (non-hydrogen) atoms. The first-order valence-electron chi connectivity index (χ1n) is 6.19. The molecular formula is C13H23. The van der Waals surface area contributed by atoms with E-state index >= 15 is 0 Å². The topological polar surface area (TPSA) is 0 Å². The minimum Gasteiger partial charge on any atom is -0.0620 e. The summed E-state index contributed by atoms with van der Waals surface area (Å²) in [7, 11) is 0. The quantitative estimate of drug-likeness (QED) is 0.606. The second kappa shape index (κ2) is 4.48. The number of hydrogen-bond acceptors (Lipinski definition) is 0. The van der Waals surface area contributed by atoms with Crippen molar-refractivity contribution in [3.05, 3.63) is 6.42 Å². The summed E-state index contributed by atoms with van der Waals surface area (Å²) >= 11 is 0. The second-order valence-corrected chi connectivity index (χ2v) is 5.17. The predicted molar refractivity (Wildman–Crippen MR) is 57.4 cm³/mol. The van der Waals surface area contributed by atoms with Crippen LogP contribution in [0.15, 0.2) is 0 Å². The lowest BCUT2D eigenvalue weighted by Gasteiger charge is -2.31. The molecule has 0 aromatic heterocycles. The van der Waals surface area contributed by atoms with E-state index in [1.54, 1.807) is 0 Å². The fraction of sp³-hybridized carbons (Fsp3) is 0.923. The van der Waals surface area contributed by atoms with Gasteiger partial charge in [-0.15, -0.1) is 0 Å². The first-order chi connectivity index (χ1) is 6.36. The standard InChI is InChI=1S/C13H23/c1-11(13-7-4-8-13)9-10-12-5-2-3-6-12/h9,11-13H,2-8,10H2,1H3. The third kappa shape index (κ3) is 2.48. The highest BCUT2D eigenvalue weighted by atomic mass is 14.3. The van der Waals surface area contributed by atoms with Crippen molar-refractivity contribution in [2.45, 2.75) is 58.3 Å². The van der Waals surface area contributed by atoms with Gasteiger partial charge in [0.05, 0.1) is 0 Å². The highest BCUT2D eigenvalue weighted by Crippen LogP contribution is 2.37. The van der Waals surface area contributed by atoms with Crippen LogP contribution in [0.1, 0.15) is 58.3 Å². The summed E-state index contributed by atoms with van der Waals surface area (Å²) in [6.07, 6.45) is 14.5. The summed E-state index contributed by atoms with van der Waals surface area (Å²) in [5.41, 5.74) is 0. The monoisotopic (exact) mass is 179 g/mol. The van der Waals surface area contributed by atoms with Gasteiger partial charge in [0, 0.05) is 0 Å². The van der Waals surface area contributed by atoms with Gasteiger partial charge >= 0.3 is 0 Å². The maximum Gasteiger partial charge on any atom is -0.0352 e. The van der Waals surface area contributed by atoms with E-state index in [0.29, 0.717) is 0 Å². The van der Waals surface area contributed by atoms with Gasteiger partial charge in [-0.05, 0) is 30.6 Å². The van der Waals surface area contributed by atoms with E-state index in [1.165, 1.54) is 51.4 Å². The van der Waals surface area contributed by atoms with E-state index in [2.05, 4.69) is 13.3 Å². The van der Waals surface area contributed by atoms with Crippen LogP contribution >= 0.6 is 0 Å². The first kappa shape index (κ1) is 9.55. The van der Waals surface area contributed by atoms with Gasteiger partial charge in [0.1, 0.15) is 0 Å². The molecule has 2 aliphatic rings. The zero-order valence-corrected chi connectivity index (χ0v) is 8.97. The number of hydrogen-bond donors (Lipinski definition) is 0. The van der Waals surface area contributed by atoms with Crippen molar-refractivity contribution in [3.63, 3.8) is 0 Å². The van der Waals surface area contributed by atoms with Crippen LogP contribution in [0.3, 0.4) is 0 Å². The molecule has 1 unspecified atom stereocenters. The molecule has 75 valence electrons.